The lowest BCUT2D eigenvalue weighted by molar-refractivity contribution is -0.388. The Labute approximate surface area is 211 Å². The maximum Gasteiger partial charge on any atom is 0.423 e. The Hall–Kier alpha value is -3.00. The number of hydrogen-bond acceptors (Lipinski definition) is 9. The van der Waals surface area contributed by atoms with Gasteiger partial charge in [-0.1, -0.05) is 18.8 Å². The first-order valence-electron chi connectivity index (χ1n) is 11.3. The molecule has 10 nitrogen and oxygen atoms in total. The van der Waals surface area contributed by atoms with Crippen LogP contribution in [0.5, 0.6) is 0 Å². The van der Waals surface area contributed by atoms with Gasteiger partial charge in [-0.3, -0.25) is 19.8 Å². The van der Waals surface area contributed by atoms with Gasteiger partial charge in [0, 0.05) is 70.0 Å². The van der Waals surface area contributed by atoms with Gasteiger partial charge in [-0.2, -0.15) is 13.2 Å². The van der Waals surface area contributed by atoms with E-state index in [0.29, 0.717) is 32.5 Å². The van der Waals surface area contributed by atoms with Crippen LogP contribution in [-0.2, 0) is 11.0 Å². The molecular formula is C22H30F3N7O3S. The third-order valence-electron chi connectivity index (χ3n) is 6.21. The van der Waals surface area contributed by atoms with Gasteiger partial charge in [-0.15, -0.1) is 10.2 Å². The van der Waals surface area contributed by atoms with Crippen LogP contribution in [-0.4, -0.2) is 82.7 Å². The van der Waals surface area contributed by atoms with Crippen molar-refractivity contribution < 1.29 is 22.9 Å². The van der Waals surface area contributed by atoms with Gasteiger partial charge in [-0.05, 0) is 25.5 Å². The summed E-state index contributed by atoms with van der Waals surface area (Å²) in [6, 6.07) is 2.65. The minimum absolute atomic E-state index is 0. The monoisotopic (exact) mass is 529 g/mol. The van der Waals surface area contributed by atoms with Crippen LogP contribution in [0.4, 0.5) is 29.7 Å². The number of nitro benzene ring substituents is 1. The number of alkyl halides is 3. The lowest BCUT2D eigenvalue weighted by Crippen LogP contribution is -2.47. The molecule has 0 aliphatic carbocycles. The van der Waals surface area contributed by atoms with Crippen LogP contribution in [0.1, 0.15) is 30.8 Å². The molecule has 0 spiro atoms. The summed E-state index contributed by atoms with van der Waals surface area (Å²) >= 11 is 1.57. The molecule has 36 heavy (non-hydrogen) atoms. The van der Waals surface area contributed by atoms with E-state index >= 15 is 0 Å². The summed E-state index contributed by atoms with van der Waals surface area (Å²) in [7, 11) is 0. The first kappa shape index (κ1) is 27.6. The van der Waals surface area contributed by atoms with Crippen molar-refractivity contribution in [2.24, 2.45) is 0 Å². The van der Waals surface area contributed by atoms with Crippen LogP contribution >= 0.6 is 11.3 Å². The number of nitrogens with one attached hydrogen (secondary N) is 1. The molecule has 198 valence electrons. The molecule has 14 heteroatoms. The molecule has 1 amide bonds. The van der Waals surface area contributed by atoms with Gasteiger partial charge >= 0.3 is 6.18 Å². The predicted molar refractivity (Wildman–Crippen MR) is 131 cm³/mol. The number of rotatable bonds is 7. The van der Waals surface area contributed by atoms with Crippen molar-refractivity contribution in [3.8, 4) is 0 Å². The minimum atomic E-state index is -4.83. The van der Waals surface area contributed by atoms with Crippen molar-refractivity contribution in [2.45, 2.75) is 39.4 Å². The van der Waals surface area contributed by atoms with E-state index in [4.69, 9.17) is 0 Å². The minimum Gasteiger partial charge on any atom is -0.380 e. The maximum absolute atomic E-state index is 13.2. The maximum atomic E-state index is 13.2. The lowest BCUT2D eigenvalue weighted by atomic mass is 10.1. The molecule has 0 unspecified atom stereocenters. The molecule has 1 aromatic carbocycles. The average molecular weight is 530 g/mol. The number of halogens is 3. The lowest BCUT2D eigenvalue weighted by Gasteiger charge is -2.34. The number of carbonyl (C=O) groups is 1. The highest BCUT2D eigenvalue weighted by Crippen LogP contribution is 2.37. The molecule has 0 bridgehead atoms. The van der Waals surface area contributed by atoms with Gasteiger partial charge in [0.25, 0.3) is 5.69 Å². The summed E-state index contributed by atoms with van der Waals surface area (Å²) in [4.78, 5) is 28.7. The Morgan fingerprint density at radius 1 is 1.22 bits per heavy atom. The Morgan fingerprint density at radius 2 is 1.94 bits per heavy atom. The van der Waals surface area contributed by atoms with E-state index in [1.54, 1.807) is 16.2 Å². The third-order valence-corrected chi connectivity index (χ3v) is 7.11. The number of nitrogens with zero attached hydrogens (tertiary/aromatic N) is 6. The van der Waals surface area contributed by atoms with E-state index in [1.807, 2.05) is 6.92 Å². The van der Waals surface area contributed by atoms with Gasteiger partial charge in [-0.25, -0.2) is 0 Å². The van der Waals surface area contributed by atoms with Gasteiger partial charge < -0.3 is 15.1 Å². The van der Waals surface area contributed by atoms with Crippen LogP contribution < -0.4 is 10.2 Å². The second-order valence-corrected chi connectivity index (χ2v) is 9.80. The summed E-state index contributed by atoms with van der Waals surface area (Å²) in [5, 5.41) is 24.0. The summed E-state index contributed by atoms with van der Waals surface area (Å²) < 4.78 is 39.7. The summed E-state index contributed by atoms with van der Waals surface area (Å²) in [6.45, 7) is 6.78. The number of benzene rings is 1. The fourth-order valence-corrected chi connectivity index (χ4v) is 5.08. The number of anilines is 2. The Bertz CT molecular complexity index is 1070. The van der Waals surface area contributed by atoms with Gasteiger partial charge in [0.1, 0.15) is 10.6 Å². The fourth-order valence-electron chi connectivity index (χ4n) is 4.34. The number of likely N-dealkylation sites (tertiary alicyclic amines) is 1. The van der Waals surface area contributed by atoms with Crippen molar-refractivity contribution in [2.75, 3.05) is 56.0 Å². The van der Waals surface area contributed by atoms with E-state index in [1.165, 1.54) is 6.07 Å². The smallest absolute Gasteiger partial charge is 0.380 e. The molecule has 0 radical (unpaired) electrons. The SMILES string of the molecule is C.Cc1nnc(N2CCN(CCC(=O)N3CC[C@@H](Nc4ccc([N+](=O)[O-])c(C(F)(F)F)c4)C3)CC2)s1. The molecule has 4 rings (SSSR count). The molecule has 1 atom stereocenters. The third kappa shape index (κ3) is 6.60. The molecule has 2 aliphatic heterocycles. The molecule has 2 saturated heterocycles. The second kappa shape index (κ2) is 11.4. The molecule has 1 aromatic heterocycles. The first-order chi connectivity index (χ1) is 16.6. The average Bonchev–Trinajstić information content (AvgIpc) is 3.46. The second-order valence-electron chi connectivity index (χ2n) is 8.64. The van der Waals surface area contributed by atoms with Crippen molar-refractivity contribution in [3.05, 3.63) is 38.9 Å². The zero-order valence-corrected chi connectivity index (χ0v) is 19.9. The largest absolute Gasteiger partial charge is 0.423 e. The number of hydrogen-bond donors (Lipinski definition) is 1. The van der Waals surface area contributed by atoms with Crippen molar-refractivity contribution in [3.63, 3.8) is 0 Å². The summed E-state index contributed by atoms with van der Waals surface area (Å²) in [6.07, 6.45) is -3.87. The van der Waals surface area contributed by atoms with E-state index in [-0.39, 0.29) is 25.1 Å². The number of aryl methyl sites for hydroxylation is 1. The summed E-state index contributed by atoms with van der Waals surface area (Å²) in [5.74, 6) is 0.0103. The zero-order valence-electron chi connectivity index (χ0n) is 19.1. The zero-order chi connectivity index (χ0) is 25.2. The normalized spacial score (nSPS) is 18.7. The fraction of sp³-hybridized carbons (Fsp3) is 0.591. The van der Waals surface area contributed by atoms with Crippen molar-refractivity contribution in [1.29, 1.82) is 0 Å². The van der Waals surface area contributed by atoms with Crippen molar-refractivity contribution >= 4 is 33.8 Å². The van der Waals surface area contributed by atoms with E-state index in [2.05, 4.69) is 25.3 Å². The van der Waals surface area contributed by atoms with Crippen LogP contribution in [0.2, 0.25) is 0 Å². The Balaban J connectivity index is 0.00000361. The number of piperazine rings is 1. The molecule has 2 aromatic rings. The standard InChI is InChI=1S/C21H26F3N7O3S.CH4/c1-14-26-27-20(35-14)29-10-8-28(9-11-29)6-5-19(32)30-7-4-16(13-30)25-15-2-3-18(31(33)34)17(12-15)21(22,23)24;/h2-3,12,16,25H,4-11,13H2,1H3;1H4/t16-;/m1./s1. The highest BCUT2D eigenvalue weighted by molar-refractivity contribution is 7.15. The topological polar surface area (TPSA) is 108 Å². The van der Waals surface area contributed by atoms with E-state index < -0.39 is 22.4 Å². The van der Waals surface area contributed by atoms with Crippen molar-refractivity contribution in [1.82, 2.24) is 20.0 Å². The molecular weight excluding hydrogens is 499 g/mol. The summed E-state index contributed by atoms with van der Waals surface area (Å²) in [5.41, 5.74) is -2.13. The quantitative estimate of drug-likeness (QED) is 0.428. The highest BCUT2D eigenvalue weighted by atomic mass is 32.1. The number of amides is 1. The molecule has 2 aliphatic rings. The van der Waals surface area contributed by atoms with E-state index in [0.717, 1.165) is 48.5 Å². The Morgan fingerprint density at radius 3 is 2.56 bits per heavy atom. The molecule has 3 heterocycles. The molecule has 0 saturated carbocycles. The number of carbonyl (C=O) groups excluding carboxylic acids is 1. The van der Waals surface area contributed by atoms with Gasteiger partial charge in [0.15, 0.2) is 0 Å². The van der Waals surface area contributed by atoms with Gasteiger partial charge in [0.2, 0.25) is 11.0 Å². The van der Waals surface area contributed by atoms with E-state index in [9.17, 15) is 28.1 Å². The Kier molecular flexibility index (Phi) is 8.71. The highest BCUT2D eigenvalue weighted by Gasteiger charge is 2.38. The van der Waals surface area contributed by atoms with Gasteiger partial charge in [0.05, 0.1) is 4.92 Å². The van der Waals surface area contributed by atoms with Crippen LogP contribution in [0.3, 0.4) is 0 Å². The number of aromatic nitrogens is 2. The van der Waals surface area contributed by atoms with Crippen LogP contribution in [0.15, 0.2) is 18.2 Å². The first-order valence-corrected chi connectivity index (χ1v) is 12.1. The molecule has 2 fully saturated rings. The number of nitro groups is 1. The van der Waals surface area contributed by atoms with Crippen LogP contribution in [0, 0.1) is 17.0 Å². The molecule has 1 N–H and O–H groups in total. The van der Waals surface area contributed by atoms with Crippen LogP contribution in [0.25, 0.3) is 0 Å². The predicted octanol–water partition coefficient (Wildman–Crippen LogP) is 3.63.